The fraction of sp³-hybridized carbons (Fsp3) is 0.438. The summed E-state index contributed by atoms with van der Waals surface area (Å²) in [6.07, 6.45) is 0.0271. The SMILES string of the molecule is Cc1ccc(Cl)cc1NC(=O)[C@@H]1CC(=O)NC(N2CCOCC2)=N1. The molecule has 0 aliphatic carbocycles. The number of ether oxygens (including phenoxy) is 1. The first-order valence-electron chi connectivity index (χ1n) is 7.80. The summed E-state index contributed by atoms with van der Waals surface area (Å²) in [4.78, 5) is 30.8. The molecule has 2 aliphatic heterocycles. The van der Waals surface area contributed by atoms with Gasteiger partial charge in [-0.1, -0.05) is 17.7 Å². The van der Waals surface area contributed by atoms with Gasteiger partial charge in [-0.3, -0.25) is 14.9 Å². The molecule has 128 valence electrons. The van der Waals surface area contributed by atoms with Crippen LogP contribution in [0.2, 0.25) is 5.02 Å². The number of amides is 2. The van der Waals surface area contributed by atoms with Crippen LogP contribution in [-0.4, -0.2) is 55.0 Å². The van der Waals surface area contributed by atoms with Crippen LogP contribution in [0.25, 0.3) is 0 Å². The van der Waals surface area contributed by atoms with Crippen molar-refractivity contribution >= 4 is 35.1 Å². The Labute approximate surface area is 145 Å². The number of aryl methyl sites for hydroxylation is 1. The number of nitrogens with zero attached hydrogens (tertiary/aromatic N) is 2. The van der Waals surface area contributed by atoms with Crippen molar-refractivity contribution < 1.29 is 14.3 Å². The number of hydrogen-bond donors (Lipinski definition) is 2. The highest BCUT2D eigenvalue weighted by Gasteiger charge is 2.30. The summed E-state index contributed by atoms with van der Waals surface area (Å²) in [6.45, 7) is 4.31. The minimum Gasteiger partial charge on any atom is -0.378 e. The van der Waals surface area contributed by atoms with Gasteiger partial charge in [0.25, 0.3) is 0 Å². The van der Waals surface area contributed by atoms with Crippen LogP contribution >= 0.6 is 11.6 Å². The second-order valence-electron chi connectivity index (χ2n) is 5.77. The van der Waals surface area contributed by atoms with Gasteiger partial charge in [0, 0.05) is 23.8 Å². The molecule has 0 saturated carbocycles. The molecule has 1 aromatic rings. The van der Waals surface area contributed by atoms with Gasteiger partial charge >= 0.3 is 0 Å². The molecule has 2 heterocycles. The molecule has 0 radical (unpaired) electrons. The number of morpholine rings is 1. The molecule has 1 saturated heterocycles. The van der Waals surface area contributed by atoms with Crippen molar-refractivity contribution in [2.45, 2.75) is 19.4 Å². The van der Waals surface area contributed by atoms with E-state index in [1.165, 1.54) is 0 Å². The second-order valence-corrected chi connectivity index (χ2v) is 6.21. The lowest BCUT2D eigenvalue weighted by Crippen LogP contribution is -2.53. The minimum absolute atomic E-state index is 0.0271. The van der Waals surface area contributed by atoms with E-state index in [1.807, 2.05) is 17.9 Å². The first-order chi connectivity index (χ1) is 11.5. The molecular weight excluding hydrogens is 332 g/mol. The van der Waals surface area contributed by atoms with E-state index in [1.54, 1.807) is 12.1 Å². The predicted molar refractivity (Wildman–Crippen MR) is 91.2 cm³/mol. The molecule has 1 fully saturated rings. The largest absolute Gasteiger partial charge is 0.378 e. The number of guanidine groups is 1. The molecule has 0 bridgehead atoms. The van der Waals surface area contributed by atoms with Crippen LogP contribution in [-0.2, 0) is 14.3 Å². The van der Waals surface area contributed by atoms with E-state index in [0.29, 0.717) is 43.0 Å². The summed E-state index contributed by atoms with van der Waals surface area (Å²) in [5.74, 6) is -0.0899. The third-order valence-electron chi connectivity index (χ3n) is 3.98. The lowest BCUT2D eigenvalue weighted by molar-refractivity contribution is -0.125. The number of benzene rings is 1. The van der Waals surface area contributed by atoms with Crippen LogP contribution in [0.1, 0.15) is 12.0 Å². The Bertz CT molecular complexity index is 686. The number of rotatable bonds is 2. The van der Waals surface area contributed by atoms with Gasteiger partial charge in [-0.05, 0) is 24.6 Å². The van der Waals surface area contributed by atoms with Crippen LogP contribution in [0.15, 0.2) is 23.2 Å². The summed E-state index contributed by atoms with van der Waals surface area (Å²) in [5.41, 5.74) is 1.52. The molecule has 3 rings (SSSR count). The topological polar surface area (TPSA) is 83.0 Å². The minimum atomic E-state index is -0.755. The number of carbonyl (C=O) groups is 2. The molecule has 0 spiro atoms. The van der Waals surface area contributed by atoms with Crippen molar-refractivity contribution in [2.75, 3.05) is 31.6 Å². The van der Waals surface area contributed by atoms with E-state index in [4.69, 9.17) is 16.3 Å². The first kappa shape index (κ1) is 16.7. The summed E-state index contributed by atoms with van der Waals surface area (Å²) >= 11 is 5.97. The molecular formula is C16H19ClN4O3. The number of carbonyl (C=O) groups excluding carboxylic acids is 2. The Morgan fingerprint density at radius 1 is 1.42 bits per heavy atom. The van der Waals surface area contributed by atoms with Crippen LogP contribution < -0.4 is 10.6 Å². The normalized spacial score (nSPS) is 21.1. The Kier molecular flexibility index (Phi) is 5.01. The number of nitrogens with one attached hydrogen (secondary N) is 2. The molecule has 2 aliphatic rings. The van der Waals surface area contributed by atoms with Crippen LogP contribution in [0.3, 0.4) is 0 Å². The summed E-state index contributed by atoms with van der Waals surface area (Å²) < 4.78 is 5.29. The van der Waals surface area contributed by atoms with Gasteiger partial charge < -0.3 is 15.0 Å². The molecule has 1 aromatic carbocycles. The quantitative estimate of drug-likeness (QED) is 0.838. The van der Waals surface area contributed by atoms with Gasteiger partial charge in [-0.25, -0.2) is 4.99 Å². The predicted octanol–water partition coefficient (Wildman–Crippen LogP) is 1.16. The fourth-order valence-electron chi connectivity index (χ4n) is 2.61. The van der Waals surface area contributed by atoms with Gasteiger partial charge in [0.2, 0.25) is 17.8 Å². The van der Waals surface area contributed by atoms with Crippen molar-refractivity contribution in [3.63, 3.8) is 0 Å². The van der Waals surface area contributed by atoms with Gasteiger partial charge in [-0.2, -0.15) is 0 Å². The molecule has 7 nitrogen and oxygen atoms in total. The smallest absolute Gasteiger partial charge is 0.249 e. The van der Waals surface area contributed by atoms with Gasteiger partial charge in [-0.15, -0.1) is 0 Å². The van der Waals surface area contributed by atoms with Crippen molar-refractivity contribution in [2.24, 2.45) is 4.99 Å². The molecule has 8 heteroatoms. The van der Waals surface area contributed by atoms with Crippen molar-refractivity contribution in [1.82, 2.24) is 10.2 Å². The molecule has 24 heavy (non-hydrogen) atoms. The van der Waals surface area contributed by atoms with Crippen LogP contribution in [0.5, 0.6) is 0 Å². The maximum absolute atomic E-state index is 12.5. The van der Waals surface area contributed by atoms with E-state index < -0.39 is 6.04 Å². The number of halogens is 1. The molecule has 0 unspecified atom stereocenters. The lowest BCUT2D eigenvalue weighted by atomic mass is 10.1. The number of aliphatic imine (C=N–C) groups is 1. The van der Waals surface area contributed by atoms with Crippen molar-refractivity contribution in [1.29, 1.82) is 0 Å². The maximum Gasteiger partial charge on any atom is 0.249 e. The van der Waals surface area contributed by atoms with E-state index in [-0.39, 0.29) is 18.2 Å². The molecule has 2 N–H and O–H groups in total. The maximum atomic E-state index is 12.5. The van der Waals surface area contributed by atoms with Gasteiger partial charge in [0.15, 0.2) is 0 Å². The van der Waals surface area contributed by atoms with Crippen molar-refractivity contribution in [3.05, 3.63) is 28.8 Å². The monoisotopic (exact) mass is 350 g/mol. The standard InChI is InChI=1S/C16H19ClN4O3/c1-10-2-3-11(17)8-12(10)18-15(23)13-9-14(22)20-16(19-13)21-4-6-24-7-5-21/h2-3,8,13H,4-7,9H2,1H3,(H,18,23)(H,19,20,22)/t13-/m0/s1. The fourth-order valence-corrected chi connectivity index (χ4v) is 2.78. The van der Waals surface area contributed by atoms with Gasteiger partial charge in [0.1, 0.15) is 6.04 Å². The van der Waals surface area contributed by atoms with Crippen molar-refractivity contribution in [3.8, 4) is 0 Å². The molecule has 2 amide bonds. The van der Waals surface area contributed by atoms with E-state index in [2.05, 4.69) is 15.6 Å². The Morgan fingerprint density at radius 3 is 2.92 bits per heavy atom. The number of hydrogen-bond acceptors (Lipinski definition) is 5. The van der Waals surface area contributed by atoms with Crippen LogP contribution in [0.4, 0.5) is 5.69 Å². The molecule has 0 aromatic heterocycles. The summed E-state index contributed by atoms with van der Waals surface area (Å²) in [7, 11) is 0. The second kappa shape index (κ2) is 7.19. The average molecular weight is 351 g/mol. The highest BCUT2D eigenvalue weighted by atomic mass is 35.5. The zero-order valence-electron chi connectivity index (χ0n) is 13.3. The zero-order valence-corrected chi connectivity index (χ0v) is 14.1. The number of anilines is 1. The zero-order chi connectivity index (χ0) is 17.1. The lowest BCUT2D eigenvalue weighted by Gasteiger charge is -2.32. The Morgan fingerprint density at radius 2 is 2.17 bits per heavy atom. The summed E-state index contributed by atoms with van der Waals surface area (Å²) in [6, 6.07) is 4.52. The third kappa shape index (κ3) is 3.85. The van der Waals surface area contributed by atoms with Gasteiger partial charge in [0.05, 0.1) is 19.6 Å². The third-order valence-corrected chi connectivity index (χ3v) is 4.21. The van der Waals surface area contributed by atoms with E-state index in [0.717, 1.165) is 5.56 Å². The van der Waals surface area contributed by atoms with Crippen LogP contribution in [0, 0.1) is 6.92 Å². The average Bonchev–Trinajstić information content (AvgIpc) is 2.58. The first-order valence-corrected chi connectivity index (χ1v) is 8.18. The van der Waals surface area contributed by atoms with E-state index in [9.17, 15) is 9.59 Å². The van der Waals surface area contributed by atoms with E-state index >= 15 is 0 Å². The highest BCUT2D eigenvalue weighted by Crippen LogP contribution is 2.21. The summed E-state index contributed by atoms with van der Waals surface area (Å²) in [5, 5.41) is 6.08. The molecule has 1 atom stereocenters. The Balaban J connectivity index is 1.75. The highest BCUT2D eigenvalue weighted by molar-refractivity contribution is 6.31. The Hall–Kier alpha value is -2.12.